The summed E-state index contributed by atoms with van der Waals surface area (Å²) in [6, 6.07) is -0.387. The van der Waals surface area contributed by atoms with E-state index in [0.717, 1.165) is 5.57 Å². The summed E-state index contributed by atoms with van der Waals surface area (Å²) >= 11 is 6.46. The van der Waals surface area contributed by atoms with Crippen LogP contribution in [0.5, 0.6) is 0 Å². The Morgan fingerprint density at radius 2 is 2.17 bits per heavy atom. The maximum Gasteiger partial charge on any atom is 0.222 e. The van der Waals surface area contributed by atoms with Gasteiger partial charge in [0.05, 0.1) is 0 Å². The summed E-state index contributed by atoms with van der Waals surface area (Å²) in [5.41, 5.74) is 0.952. The predicted octanol–water partition coefficient (Wildman–Crippen LogP) is 2.29. The lowest BCUT2D eigenvalue weighted by Crippen LogP contribution is -2.56. The van der Waals surface area contributed by atoms with Gasteiger partial charge in [0.15, 0.2) is 5.06 Å². The van der Waals surface area contributed by atoms with E-state index in [1.807, 2.05) is 19.1 Å². The molecule has 1 rings (SSSR count). The quantitative estimate of drug-likeness (QED) is 0.583. The minimum atomic E-state index is -1.06. The number of rotatable bonds is 4. The third kappa shape index (κ3) is 2.76. The zero-order valence-electron chi connectivity index (χ0n) is 11.4. The lowest BCUT2D eigenvalue weighted by atomic mass is 9.94. The Balaban J connectivity index is 3.19. The van der Waals surface area contributed by atoms with Crippen molar-refractivity contribution in [3.8, 4) is 0 Å². The molecule has 0 aromatic heterocycles. The van der Waals surface area contributed by atoms with Crippen LogP contribution in [0.25, 0.3) is 0 Å². The van der Waals surface area contributed by atoms with Crippen LogP contribution in [0.3, 0.4) is 0 Å². The van der Waals surface area contributed by atoms with Crippen LogP contribution in [-0.4, -0.2) is 42.4 Å². The standard InChI is InChI=1S/C13H20ClNO3/c1-9-7-6-8-13(14,18-5)12(9)15(10(2)16)11(3)17-4/h6-8,11-12H,1-5H3. The van der Waals surface area contributed by atoms with E-state index >= 15 is 0 Å². The fourth-order valence-corrected chi connectivity index (χ4v) is 2.52. The number of carbonyl (C=O) groups is 1. The lowest BCUT2D eigenvalue weighted by molar-refractivity contribution is -0.148. The highest BCUT2D eigenvalue weighted by Crippen LogP contribution is 2.35. The lowest BCUT2D eigenvalue weighted by Gasteiger charge is -2.43. The number of alkyl halides is 1. The van der Waals surface area contributed by atoms with Gasteiger partial charge in [-0.15, -0.1) is 0 Å². The monoisotopic (exact) mass is 273 g/mol. The number of hydrogen-bond donors (Lipinski definition) is 0. The summed E-state index contributed by atoms with van der Waals surface area (Å²) in [5.74, 6) is -0.112. The summed E-state index contributed by atoms with van der Waals surface area (Å²) in [5, 5.41) is -1.06. The van der Waals surface area contributed by atoms with Crippen molar-refractivity contribution in [2.45, 2.75) is 38.1 Å². The van der Waals surface area contributed by atoms with Crippen LogP contribution in [-0.2, 0) is 14.3 Å². The number of nitrogens with zero attached hydrogens (tertiary/aromatic N) is 1. The van der Waals surface area contributed by atoms with Crippen molar-refractivity contribution in [3.63, 3.8) is 0 Å². The zero-order chi connectivity index (χ0) is 13.9. The predicted molar refractivity (Wildman–Crippen MR) is 71.3 cm³/mol. The van der Waals surface area contributed by atoms with Crippen LogP contribution >= 0.6 is 11.6 Å². The second-order valence-electron chi connectivity index (χ2n) is 4.34. The number of ether oxygens (including phenoxy) is 2. The highest BCUT2D eigenvalue weighted by atomic mass is 35.5. The summed E-state index contributed by atoms with van der Waals surface area (Å²) in [7, 11) is 3.08. The molecule has 0 aliphatic heterocycles. The van der Waals surface area contributed by atoms with Gasteiger partial charge in [-0.3, -0.25) is 4.79 Å². The molecule has 1 aliphatic rings. The van der Waals surface area contributed by atoms with E-state index in [9.17, 15) is 4.79 Å². The molecule has 1 amide bonds. The van der Waals surface area contributed by atoms with Crippen molar-refractivity contribution in [2.24, 2.45) is 0 Å². The number of carbonyl (C=O) groups excluding carboxylic acids is 1. The molecule has 0 fully saturated rings. The molecule has 3 atom stereocenters. The van der Waals surface area contributed by atoms with Crippen molar-refractivity contribution in [2.75, 3.05) is 14.2 Å². The van der Waals surface area contributed by atoms with Crippen LogP contribution in [0, 0.1) is 0 Å². The molecular formula is C13H20ClNO3. The van der Waals surface area contributed by atoms with Gasteiger partial charge in [0.2, 0.25) is 5.91 Å². The van der Waals surface area contributed by atoms with Crippen molar-refractivity contribution in [3.05, 3.63) is 23.8 Å². The summed E-state index contributed by atoms with van der Waals surface area (Å²) in [6.07, 6.45) is 5.11. The van der Waals surface area contributed by atoms with Gasteiger partial charge < -0.3 is 14.4 Å². The van der Waals surface area contributed by atoms with E-state index in [0.29, 0.717) is 0 Å². The first-order valence-electron chi connectivity index (χ1n) is 5.79. The van der Waals surface area contributed by atoms with E-state index in [1.54, 1.807) is 25.0 Å². The Bertz CT molecular complexity index is 380. The topological polar surface area (TPSA) is 38.8 Å². The first-order chi connectivity index (χ1) is 8.37. The molecule has 0 bridgehead atoms. The molecule has 0 saturated heterocycles. The number of halogens is 1. The summed E-state index contributed by atoms with van der Waals surface area (Å²) < 4.78 is 10.6. The molecule has 102 valence electrons. The van der Waals surface area contributed by atoms with Crippen LogP contribution in [0.1, 0.15) is 20.8 Å². The molecule has 5 heteroatoms. The van der Waals surface area contributed by atoms with Crippen molar-refractivity contribution < 1.29 is 14.3 Å². The van der Waals surface area contributed by atoms with Crippen molar-refractivity contribution >= 4 is 17.5 Å². The fraction of sp³-hybridized carbons (Fsp3) is 0.615. The maximum atomic E-state index is 11.9. The van der Waals surface area contributed by atoms with Crippen LogP contribution in [0.2, 0.25) is 0 Å². The van der Waals surface area contributed by atoms with E-state index in [2.05, 4.69) is 0 Å². The van der Waals surface area contributed by atoms with Crippen LogP contribution in [0.15, 0.2) is 23.8 Å². The van der Waals surface area contributed by atoms with Gasteiger partial charge >= 0.3 is 0 Å². The average molecular weight is 274 g/mol. The summed E-state index contributed by atoms with van der Waals surface area (Å²) in [4.78, 5) is 13.5. The van der Waals surface area contributed by atoms with Gasteiger partial charge in [-0.25, -0.2) is 0 Å². The molecule has 18 heavy (non-hydrogen) atoms. The molecule has 1 aliphatic carbocycles. The first-order valence-corrected chi connectivity index (χ1v) is 6.17. The third-order valence-corrected chi connectivity index (χ3v) is 3.66. The molecule has 3 unspecified atom stereocenters. The number of allylic oxidation sites excluding steroid dienone is 2. The molecular weight excluding hydrogens is 254 g/mol. The van der Waals surface area contributed by atoms with Gasteiger partial charge in [0.25, 0.3) is 0 Å². The third-order valence-electron chi connectivity index (χ3n) is 3.17. The van der Waals surface area contributed by atoms with Gasteiger partial charge in [-0.2, -0.15) is 0 Å². The van der Waals surface area contributed by atoms with E-state index in [1.165, 1.54) is 14.0 Å². The fourth-order valence-electron chi connectivity index (χ4n) is 2.17. The normalized spacial score (nSPS) is 28.8. The second-order valence-corrected chi connectivity index (χ2v) is 4.93. The highest BCUT2D eigenvalue weighted by molar-refractivity contribution is 6.25. The Hall–Kier alpha value is -0.840. The summed E-state index contributed by atoms with van der Waals surface area (Å²) in [6.45, 7) is 5.22. The molecule has 0 N–H and O–H groups in total. The Labute approximate surface area is 113 Å². The average Bonchev–Trinajstić information content (AvgIpc) is 2.32. The largest absolute Gasteiger partial charge is 0.362 e. The minimum Gasteiger partial charge on any atom is -0.362 e. The molecule has 0 heterocycles. The van der Waals surface area contributed by atoms with Crippen LogP contribution < -0.4 is 0 Å². The van der Waals surface area contributed by atoms with Crippen molar-refractivity contribution in [1.82, 2.24) is 4.90 Å². The number of methoxy groups -OCH3 is 2. The van der Waals surface area contributed by atoms with E-state index in [-0.39, 0.29) is 18.2 Å². The molecule has 0 spiro atoms. The SMILES string of the molecule is COC(C)N(C(C)=O)C1C(C)=CC=CC1(Cl)OC. The second kappa shape index (κ2) is 5.87. The van der Waals surface area contributed by atoms with Gasteiger partial charge in [-0.05, 0) is 25.5 Å². The molecule has 0 radical (unpaired) electrons. The Kier molecular flexibility index (Phi) is 4.96. The van der Waals surface area contributed by atoms with Gasteiger partial charge in [-0.1, -0.05) is 23.8 Å². The Morgan fingerprint density at radius 3 is 2.61 bits per heavy atom. The van der Waals surface area contributed by atoms with Gasteiger partial charge in [0.1, 0.15) is 12.3 Å². The Morgan fingerprint density at radius 1 is 1.56 bits per heavy atom. The van der Waals surface area contributed by atoms with Crippen LogP contribution in [0.4, 0.5) is 0 Å². The smallest absolute Gasteiger partial charge is 0.222 e. The molecule has 4 nitrogen and oxygen atoms in total. The number of amides is 1. The molecule has 0 aromatic carbocycles. The first kappa shape index (κ1) is 15.2. The van der Waals surface area contributed by atoms with Gasteiger partial charge in [0, 0.05) is 21.1 Å². The number of hydrogen-bond acceptors (Lipinski definition) is 3. The minimum absolute atomic E-state index is 0.112. The molecule has 0 saturated carbocycles. The molecule has 0 aromatic rings. The van der Waals surface area contributed by atoms with Crippen molar-refractivity contribution in [1.29, 1.82) is 0 Å². The zero-order valence-corrected chi connectivity index (χ0v) is 12.2. The van der Waals surface area contributed by atoms with E-state index in [4.69, 9.17) is 21.1 Å². The van der Waals surface area contributed by atoms with E-state index < -0.39 is 5.06 Å². The highest BCUT2D eigenvalue weighted by Gasteiger charge is 2.44. The maximum absolute atomic E-state index is 11.9.